The van der Waals surface area contributed by atoms with Gasteiger partial charge in [0.25, 0.3) is 0 Å². The van der Waals surface area contributed by atoms with Gasteiger partial charge in [-0.05, 0) is 42.3 Å². The molecule has 2 aromatic carbocycles. The van der Waals surface area contributed by atoms with E-state index in [0.717, 1.165) is 12.0 Å². The van der Waals surface area contributed by atoms with Gasteiger partial charge >= 0.3 is 0 Å². The fourth-order valence-corrected chi connectivity index (χ4v) is 2.38. The molecule has 0 aliphatic heterocycles. The molecule has 0 fully saturated rings. The first-order valence-electron chi connectivity index (χ1n) is 8.20. The fourth-order valence-electron chi connectivity index (χ4n) is 2.16. The number of hydrogen-bond acceptors (Lipinski definition) is 3. The number of amides is 1. The maximum atomic E-state index is 13.7. The van der Waals surface area contributed by atoms with Crippen molar-refractivity contribution in [2.45, 2.75) is 13.0 Å². The molecule has 26 heavy (non-hydrogen) atoms. The molecule has 138 valence electrons. The summed E-state index contributed by atoms with van der Waals surface area (Å²) in [5.74, 6) is 0.0367. The van der Waals surface area contributed by atoms with Crippen molar-refractivity contribution in [2.75, 3.05) is 20.3 Å². The van der Waals surface area contributed by atoms with Gasteiger partial charge in [0.15, 0.2) is 0 Å². The molecule has 2 rings (SSSR count). The molecule has 4 nitrogen and oxygen atoms in total. The van der Waals surface area contributed by atoms with Gasteiger partial charge in [-0.1, -0.05) is 29.8 Å². The summed E-state index contributed by atoms with van der Waals surface area (Å²) in [5.41, 5.74) is 1.18. The van der Waals surface area contributed by atoms with Gasteiger partial charge in [0, 0.05) is 31.9 Å². The van der Waals surface area contributed by atoms with Crippen LogP contribution in [-0.4, -0.2) is 26.2 Å². The molecule has 0 spiro atoms. The van der Waals surface area contributed by atoms with Crippen molar-refractivity contribution in [3.8, 4) is 5.75 Å². The Labute approximate surface area is 157 Å². The van der Waals surface area contributed by atoms with Crippen LogP contribution >= 0.6 is 11.6 Å². The lowest BCUT2D eigenvalue weighted by Crippen LogP contribution is -2.22. The third kappa shape index (κ3) is 6.50. The van der Waals surface area contributed by atoms with Gasteiger partial charge in [0.05, 0.1) is 5.02 Å². The number of nitrogens with one attached hydrogen (secondary N) is 1. The van der Waals surface area contributed by atoms with Crippen molar-refractivity contribution >= 4 is 23.6 Å². The predicted molar refractivity (Wildman–Crippen MR) is 101 cm³/mol. The third-order valence-electron chi connectivity index (χ3n) is 3.58. The standard InChI is InChI=1S/C20H21ClFNO3/c1-25-13-3-12-23-20(24)11-8-15-6-9-16(10-7-15)26-14-17-18(21)4-2-5-19(17)22/h2,4-11H,3,12-14H2,1H3,(H,23,24)/b11-8+. The van der Waals surface area contributed by atoms with Gasteiger partial charge in [-0.2, -0.15) is 0 Å². The van der Waals surface area contributed by atoms with Crippen molar-refractivity contribution in [3.63, 3.8) is 0 Å². The number of methoxy groups -OCH3 is 1. The molecule has 0 radical (unpaired) electrons. The first-order chi connectivity index (χ1) is 12.6. The van der Waals surface area contributed by atoms with E-state index < -0.39 is 5.82 Å². The van der Waals surface area contributed by atoms with Crippen LogP contribution in [0.4, 0.5) is 4.39 Å². The molecule has 1 N–H and O–H groups in total. The molecule has 0 atom stereocenters. The van der Waals surface area contributed by atoms with Crippen LogP contribution in [0.25, 0.3) is 6.08 Å². The Hall–Kier alpha value is -2.37. The molecule has 0 bridgehead atoms. The average Bonchev–Trinajstić information content (AvgIpc) is 2.64. The van der Waals surface area contributed by atoms with Crippen LogP contribution in [0.5, 0.6) is 5.75 Å². The van der Waals surface area contributed by atoms with Crippen molar-refractivity contribution in [1.82, 2.24) is 5.32 Å². The van der Waals surface area contributed by atoms with E-state index in [9.17, 15) is 9.18 Å². The Morgan fingerprint density at radius 3 is 2.69 bits per heavy atom. The minimum Gasteiger partial charge on any atom is -0.489 e. The molecule has 0 heterocycles. The first kappa shape index (κ1) is 19.9. The Kier molecular flexibility index (Phi) is 8.12. The van der Waals surface area contributed by atoms with Gasteiger partial charge < -0.3 is 14.8 Å². The van der Waals surface area contributed by atoms with E-state index in [0.29, 0.717) is 29.5 Å². The lowest BCUT2D eigenvalue weighted by atomic mass is 10.2. The summed E-state index contributed by atoms with van der Waals surface area (Å²) in [6, 6.07) is 11.7. The number of ether oxygens (including phenoxy) is 2. The molecule has 2 aromatic rings. The molecule has 0 saturated heterocycles. The highest BCUT2D eigenvalue weighted by Crippen LogP contribution is 2.21. The molecule has 0 unspecified atom stereocenters. The van der Waals surface area contributed by atoms with E-state index in [2.05, 4.69) is 5.32 Å². The Bertz CT molecular complexity index is 727. The first-order valence-corrected chi connectivity index (χ1v) is 8.58. The third-order valence-corrected chi connectivity index (χ3v) is 3.93. The Balaban J connectivity index is 1.84. The topological polar surface area (TPSA) is 47.6 Å². The minimum atomic E-state index is -0.395. The fraction of sp³-hybridized carbons (Fsp3) is 0.250. The molecule has 0 saturated carbocycles. The van der Waals surface area contributed by atoms with Gasteiger partial charge in [0.1, 0.15) is 18.2 Å². The normalized spacial score (nSPS) is 10.9. The smallest absolute Gasteiger partial charge is 0.244 e. The summed E-state index contributed by atoms with van der Waals surface area (Å²) in [6.45, 7) is 1.23. The van der Waals surface area contributed by atoms with Crippen molar-refractivity contribution in [3.05, 3.63) is 70.5 Å². The van der Waals surface area contributed by atoms with Crippen LogP contribution in [0, 0.1) is 5.82 Å². The van der Waals surface area contributed by atoms with E-state index in [1.165, 1.54) is 12.1 Å². The number of hydrogen-bond donors (Lipinski definition) is 1. The summed E-state index contributed by atoms with van der Waals surface area (Å²) in [4.78, 5) is 11.7. The molecule has 6 heteroatoms. The predicted octanol–water partition coefficient (Wildman–Crippen LogP) is 4.22. The zero-order chi connectivity index (χ0) is 18.8. The molecule has 0 aliphatic carbocycles. The number of carbonyl (C=O) groups is 1. The van der Waals surface area contributed by atoms with Crippen LogP contribution in [0.1, 0.15) is 17.5 Å². The Morgan fingerprint density at radius 2 is 2.00 bits per heavy atom. The van der Waals surface area contributed by atoms with Crippen LogP contribution in [0.2, 0.25) is 5.02 Å². The molecular weight excluding hydrogens is 357 g/mol. The highest BCUT2D eigenvalue weighted by Gasteiger charge is 2.07. The zero-order valence-corrected chi connectivity index (χ0v) is 15.3. The number of benzene rings is 2. The monoisotopic (exact) mass is 377 g/mol. The van der Waals surface area contributed by atoms with Crippen LogP contribution in [0.3, 0.4) is 0 Å². The van der Waals surface area contributed by atoms with Crippen LogP contribution < -0.4 is 10.1 Å². The maximum Gasteiger partial charge on any atom is 0.244 e. The van der Waals surface area contributed by atoms with Crippen LogP contribution in [-0.2, 0) is 16.1 Å². The summed E-state index contributed by atoms with van der Waals surface area (Å²) < 4.78 is 24.2. The summed E-state index contributed by atoms with van der Waals surface area (Å²) in [5, 5.41) is 3.10. The molecule has 1 amide bonds. The molecule has 0 aliphatic rings. The maximum absolute atomic E-state index is 13.7. The highest BCUT2D eigenvalue weighted by molar-refractivity contribution is 6.31. The van der Waals surface area contributed by atoms with E-state index in [4.69, 9.17) is 21.1 Å². The van der Waals surface area contributed by atoms with Gasteiger partial charge in [-0.15, -0.1) is 0 Å². The van der Waals surface area contributed by atoms with Gasteiger partial charge in [-0.3, -0.25) is 4.79 Å². The quantitative estimate of drug-likeness (QED) is 0.525. The molecule has 0 aromatic heterocycles. The van der Waals surface area contributed by atoms with E-state index in [1.807, 2.05) is 12.1 Å². The number of carbonyl (C=O) groups excluding carboxylic acids is 1. The number of halogens is 2. The summed E-state index contributed by atoms with van der Waals surface area (Å²) in [6.07, 6.45) is 3.96. The average molecular weight is 378 g/mol. The lowest BCUT2D eigenvalue weighted by Gasteiger charge is -2.09. The highest BCUT2D eigenvalue weighted by atomic mass is 35.5. The van der Waals surface area contributed by atoms with E-state index in [1.54, 1.807) is 37.5 Å². The Morgan fingerprint density at radius 1 is 1.23 bits per heavy atom. The molecular formula is C20H21ClFNO3. The minimum absolute atomic E-state index is 0.0462. The zero-order valence-electron chi connectivity index (χ0n) is 14.5. The summed E-state index contributed by atoms with van der Waals surface area (Å²) in [7, 11) is 1.63. The van der Waals surface area contributed by atoms with Crippen molar-refractivity contribution < 1.29 is 18.7 Å². The second-order valence-corrected chi connectivity index (χ2v) is 5.94. The largest absolute Gasteiger partial charge is 0.489 e. The van der Waals surface area contributed by atoms with Gasteiger partial charge in [0.2, 0.25) is 5.91 Å². The lowest BCUT2D eigenvalue weighted by molar-refractivity contribution is -0.116. The van der Waals surface area contributed by atoms with Crippen LogP contribution in [0.15, 0.2) is 48.5 Å². The van der Waals surface area contributed by atoms with Crippen molar-refractivity contribution in [2.24, 2.45) is 0 Å². The number of rotatable bonds is 9. The van der Waals surface area contributed by atoms with E-state index >= 15 is 0 Å². The van der Waals surface area contributed by atoms with Gasteiger partial charge in [-0.25, -0.2) is 4.39 Å². The second-order valence-electron chi connectivity index (χ2n) is 5.53. The summed E-state index contributed by atoms with van der Waals surface area (Å²) >= 11 is 5.97. The SMILES string of the molecule is COCCCNC(=O)/C=C/c1ccc(OCc2c(F)cccc2Cl)cc1. The van der Waals surface area contributed by atoms with Crippen molar-refractivity contribution in [1.29, 1.82) is 0 Å². The van der Waals surface area contributed by atoms with E-state index in [-0.39, 0.29) is 12.5 Å². The second kappa shape index (κ2) is 10.6.